The third kappa shape index (κ3) is 3.95. The number of piperidine rings is 2. The van der Waals surface area contributed by atoms with Crippen LogP contribution in [0.15, 0.2) is 30.5 Å². The molecule has 5 heteroatoms. The second-order valence-corrected chi connectivity index (χ2v) is 9.27. The zero-order chi connectivity index (χ0) is 19.7. The number of benzene rings is 1. The highest BCUT2D eigenvalue weighted by Gasteiger charge is 2.37. The summed E-state index contributed by atoms with van der Waals surface area (Å²) in [4.78, 5) is 21.0. The molecule has 0 radical (unpaired) electrons. The number of H-pyrrole nitrogens is 1. The minimum Gasteiger partial charge on any atom is -0.375 e. The van der Waals surface area contributed by atoms with Gasteiger partial charge < -0.3 is 19.5 Å². The zero-order valence-corrected chi connectivity index (χ0v) is 17.4. The molecule has 0 bridgehead atoms. The Bertz CT molecular complexity index is 837. The lowest BCUT2D eigenvalue weighted by Gasteiger charge is -2.45. The Kier molecular flexibility index (Phi) is 5.35. The van der Waals surface area contributed by atoms with Gasteiger partial charge >= 0.3 is 0 Å². The molecule has 0 unspecified atom stereocenters. The molecule has 1 amide bonds. The number of hydrogen-bond donors (Lipinski definition) is 1. The molecule has 4 heterocycles. The predicted octanol–water partition coefficient (Wildman–Crippen LogP) is 4.06. The van der Waals surface area contributed by atoms with E-state index >= 15 is 0 Å². The summed E-state index contributed by atoms with van der Waals surface area (Å²) in [6.07, 6.45) is 10.4. The lowest BCUT2D eigenvalue weighted by molar-refractivity contribution is -0.112. The van der Waals surface area contributed by atoms with Crippen molar-refractivity contribution in [2.24, 2.45) is 5.92 Å². The molecule has 5 rings (SSSR count). The van der Waals surface area contributed by atoms with Crippen LogP contribution in [0.1, 0.15) is 55.3 Å². The third-order valence-electron chi connectivity index (χ3n) is 7.45. The summed E-state index contributed by atoms with van der Waals surface area (Å²) >= 11 is 0. The Morgan fingerprint density at radius 1 is 1.07 bits per heavy atom. The van der Waals surface area contributed by atoms with Gasteiger partial charge in [-0.05, 0) is 69.1 Å². The maximum absolute atomic E-state index is 13.1. The highest BCUT2D eigenvalue weighted by molar-refractivity contribution is 6.06. The lowest BCUT2D eigenvalue weighted by atomic mass is 9.84. The van der Waals surface area contributed by atoms with E-state index in [-0.39, 0.29) is 11.5 Å². The van der Waals surface area contributed by atoms with Crippen molar-refractivity contribution in [1.29, 1.82) is 0 Å². The zero-order valence-electron chi connectivity index (χ0n) is 17.4. The first-order chi connectivity index (χ1) is 14.2. The highest BCUT2D eigenvalue weighted by Crippen LogP contribution is 2.35. The van der Waals surface area contributed by atoms with E-state index in [1.165, 1.54) is 51.7 Å². The van der Waals surface area contributed by atoms with Crippen molar-refractivity contribution in [3.63, 3.8) is 0 Å². The molecule has 1 spiro atoms. The van der Waals surface area contributed by atoms with Gasteiger partial charge in [-0.15, -0.1) is 0 Å². The number of ether oxygens (including phenoxy) is 1. The first-order valence-corrected chi connectivity index (χ1v) is 11.4. The second kappa shape index (κ2) is 8.11. The molecule has 3 fully saturated rings. The first-order valence-electron chi connectivity index (χ1n) is 11.4. The van der Waals surface area contributed by atoms with Crippen molar-refractivity contribution < 1.29 is 9.53 Å². The van der Waals surface area contributed by atoms with Gasteiger partial charge in [-0.1, -0.05) is 6.07 Å². The molecular weight excluding hydrogens is 362 g/mol. The van der Waals surface area contributed by atoms with Gasteiger partial charge in [0.25, 0.3) is 5.91 Å². The van der Waals surface area contributed by atoms with Gasteiger partial charge in [-0.3, -0.25) is 4.79 Å². The number of nitrogens with one attached hydrogen (secondary N) is 1. The quantitative estimate of drug-likeness (QED) is 0.853. The van der Waals surface area contributed by atoms with E-state index in [1.54, 1.807) is 0 Å². The van der Waals surface area contributed by atoms with Gasteiger partial charge in [0.2, 0.25) is 0 Å². The molecule has 3 aliphatic heterocycles. The van der Waals surface area contributed by atoms with E-state index in [2.05, 4.69) is 14.8 Å². The summed E-state index contributed by atoms with van der Waals surface area (Å²) in [5.74, 6) is 0.895. The summed E-state index contributed by atoms with van der Waals surface area (Å²) in [5.41, 5.74) is 2.07. The van der Waals surface area contributed by atoms with Crippen molar-refractivity contribution in [3.05, 3.63) is 36.0 Å². The van der Waals surface area contributed by atoms with Crippen LogP contribution in [0.25, 0.3) is 10.9 Å². The fraction of sp³-hybridized carbons (Fsp3) is 0.625. The molecule has 0 saturated carbocycles. The Labute approximate surface area is 173 Å². The number of aromatic nitrogens is 1. The van der Waals surface area contributed by atoms with Gasteiger partial charge in [-0.25, -0.2) is 0 Å². The summed E-state index contributed by atoms with van der Waals surface area (Å²) in [6.45, 7) is 6.26. The number of hydrogen-bond acceptors (Lipinski definition) is 3. The fourth-order valence-electron chi connectivity index (χ4n) is 5.57. The van der Waals surface area contributed by atoms with Gasteiger partial charge in [0.15, 0.2) is 0 Å². The molecule has 3 saturated heterocycles. The number of likely N-dealkylation sites (tertiary alicyclic amines) is 2. The number of carbonyl (C=O) groups excluding carboxylic acids is 1. The lowest BCUT2D eigenvalue weighted by Crippen LogP contribution is -2.49. The average molecular weight is 396 g/mol. The molecule has 1 N–H and O–H groups in total. The standard InChI is InChI=1S/C24H33N3O2/c28-23(21-4-3-5-22-20(21)6-12-25-22)27-13-7-19(8-14-27)18-26-15-10-24(11-16-26)9-1-2-17-29-24/h3-6,12,19,25H,1-2,7-11,13-18H2. The predicted molar refractivity (Wildman–Crippen MR) is 115 cm³/mol. The van der Waals surface area contributed by atoms with E-state index in [4.69, 9.17) is 4.74 Å². The molecule has 1 aromatic heterocycles. The average Bonchev–Trinajstić information content (AvgIpc) is 3.25. The number of fused-ring (bicyclic) bond motifs is 1. The van der Waals surface area contributed by atoms with Crippen LogP contribution < -0.4 is 0 Å². The first kappa shape index (κ1) is 19.1. The van der Waals surface area contributed by atoms with Gasteiger partial charge in [0, 0.05) is 62.0 Å². The van der Waals surface area contributed by atoms with Crippen molar-refractivity contribution >= 4 is 16.8 Å². The minimum absolute atomic E-state index is 0.183. The number of carbonyl (C=O) groups is 1. The van der Waals surface area contributed by atoms with Crippen LogP contribution in [0.4, 0.5) is 0 Å². The SMILES string of the molecule is O=C(c1cccc2[nH]ccc12)N1CCC(CN2CCC3(CCCCO3)CC2)CC1. The molecule has 0 aliphatic carbocycles. The van der Waals surface area contributed by atoms with E-state index in [0.717, 1.165) is 49.0 Å². The van der Waals surface area contributed by atoms with E-state index in [9.17, 15) is 4.79 Å². The van der Waals surface area contributed by atoms with Crippen LogP contribution in [0.5, 0.6) is 0 Å². The van der Waals surface area contributed by atoms with Crippen LogP contribution in [-0.2, 0) is 4.74 Å². The third-order valence-corrected chi connectivity index (χ3v) is 7.45. The number of aromatic amines is 1. The van der Waals surface area contributed by atoms with Crippen LogP contribution in [0, 0.1) is 5.92 Å². The highest BCUT2D eigenvalue weighted by atomic mass is 16.5. The molecule has 3 aliphatic rings. The summed E-state index contributed by atoms with van der Waals surface area (Å²) in [6, 6.07) is 7.97. The smallest absolute Gasteiger partial charge is 0.254 e. The second-order valence-electron chi connectivity index (χ2n) is 9.27. The fourth-order valence-corrected chi connectivity index (χ4v) is 5.57. The largest absolute Gasteiger partial charge is 0.375 e. The molecule has 2 aromatic rings. The summed E-state index contributed by atoms with van der Waals surface area (Å²) in [7, 11) is 0. The molecule has 1 aromatic carbocycles. The van der Waals surface area contributed by atoms with Crippen molar-refractivity contribution in [3.8, 4) is 0 Å². The molecule has 156 valence electrons. The Morgan fingerprint density at radius 3 is 2.66 bits per heavy atom. The topological polar surface area (TPSA) is 48.6 Å². The monoisotopic (exact) mass is 395 g/mol. The number of amides is 1. The van der Waals surface area contributed by atoms with Crippen LogP contribution >= 0.6 is 0 Å². The molecule has 0 atom stereocenters. The van der Waals surface area contributed by atoms with Gasteiger partial charge in [0.05, 0.1) is 5.60 Å². The maximum Gasteiger partial charge on any atom is 0.254 e. The van der Waals surface area contributed by atoms with Gasteiger partial charge in [0.1, 0.15) is 0 Å². The minimum atomic E-state index is 0.183. The van der Waals surface area contributed by atoms with Crippen LogP contribution in [-0.4, -0.2) is 65.6 Å². The molecule has 29 heavy (non-hydrogen) atoms. The van der Waals surface area contributed by atoms with Crippen molar-refractivity contribution in [2.45, 2.75) is 50.5 Å². The van der Waals surface area contributed by atoms with E-state index in [0.29, 0.717) is 5.92 Å². The number of nitrogens with zero attached hydrogens (tertiary/aromatic N) is 2. The molecule has 5 nitrogen and oxygen atoms in total. The van der Waals surface area contributed by atoms with Crippen LogP contribution in [0.2, 0.25) is 0 Å². The maximum atomic E-state index is 13.1. The normalized spacial score (nSPS) is 23.7. The molecular formula is C24H33N3O2. The van der Waals surface area contributed by atoms with Crippen LogP contribution in [0.3, 0.4) is 0 Å². The van der Waals surface area contributed by atoms with Crippen molar-refractivity contribution in [1.82, 2.24) is 14.8 Å². The summed E-state index contributed by atoms with van der Waals surface area (Å²) < 4.78 is 6.18. The Balaban J connectivity index is 1.12. The van der Waals surface area contributed by atoms with E-state index < -0.39 is 0 Å². The summed E-state index contributed by atoms with van der Waals surface area (Å²) in [5, 5.41) is 1.03. The van der Waals surface area contributed by atoms with E-state index in [1.807, 2.05) is 30.5 Å². The Morgan fingerprint density at radius 2 is 1.90 bits per heavy atom. The number of rotatable bonds is 3. The van der Waals surface area contributed by atoms with Crippen molar-refractivity contribution in [2.75, 3.05) is 39.3 Å². The van der Waals surface area contributed by atoms with Gasteiger partial charge in [-0.2, -0.15) is 0 Å². The Hall–Kier alpha value is -1.85.